The van der Waals surface area contributed by atoms with Gasteiger partial charge in [-0.15, -0.1) is 0 Å². The molecule has 0 unspecified atom stereocenters. The van der Waals surface area contributed by atoms with Gasteiger partial charge in [-0.3, -0.25) is 4.79 Å². The Kier molecular flexibility index (Phi) is 5.92. The van der Waals surface area contributed by atoms with Gasteiger partial charge in [0.15, 0.2) is 0 Å². The smallest absolute Gasteiger partial charge is 0.340 e. The molecule has 0 aliphatic heterocycles. The van der Waals surface area contributed by atoms with Gasteiger partial charge in [-0.2, -0.15) is 0 Å². The SMILES string of the molecule is COc1cc(OC)c2c(C)c(CC(=O)Nc3ccc(C(C)C)cc3)c(=O)oc2c1. The van der Waals surface area contributed by atoms with E-state index in [0.29, 0.717) is 45.2 Å². The van der Waals surface area contributed by atoms with E-state index in [9.17, 15) is 9.59 Å². The summed E-state index contributed by atoms with van der Waals surface area (Å²) in [5, 5.41) is 3.49. The first-order valence-electron chi connectivity index (χ1n) is 9.42. The van der Waals surface area contributed by atoms with Crippen molar-refractivity contribution in [3.8, 4) is 11.5 Å². The van der Waals surface area contributed by atoms with E-state index in [1.165, 1.54) is 19.8 Å². The summed E-state index contributed by atoms with van der Waals surface area (Å²) in [6, 6.07) is 11.0. The molecule has 0 aliphatic rings. The molecule has 1 N–H and O–H groups in total. The molecule has 0 atom stereocenters. The monoisotopic (exact) mass is 395 g/mol. The van der Waals surface area contributed by atoms with Crippen LogP contribution in [0.15, 0.2) is 45.6 Å². The van der Waals surface area contributed by atoms with Crippen LogP contribution in [-0.4, -0.2) is 20.1 Å². The fraction of sp³-hybridized carbons (Fsp3) is 0.304. The molecular weight excluding hydrogens is 370 g/mol. The third kappa shape index (κ3) is 4.26. The van der Waals surface area contributed by atoms with Crippen molar-refractivity contribution in [1.82, 2.24) is 0 Å². The molecule has 0 radical (unpaired) electrons. The summed E-state index contributed by atoms with van der Waals surface area (Å²) in [4.78, 5) is 25.1. The number of hydrogen-bond acceptors (Lipinski definition) is 5. The number of carbonyl (C=O) groups excluding carboxylic acids is 1. The van der Waals surface area contributed by atoms with Gasteiger partial charge in [0.1, 0.15) is 17.1 Å². The first kappa shape index (κ1) is 20.5. The number of aryl methyl sites for hydroxylation is 1. The van der Waals surface area contributed by atoms with Crippen molar-refractivity contribution in [1.29, 1.82) is 0 Å². The lowest BCUT2D eigenvalue weighted by Crippen LogP contribution is -2.20. The fourth-order valence-corrected chi connectivity index (χ4v) is 3.28. The quantitative estimate of drug-likeness (QED) is 0.625. The van der Waals surface area contributed by atoms with Crippen molar-refractivity contribution in [2.45, 2.75) is 33.1 Å². The number of rotatable bonds is 6. The Balaban J connectivity index is 1.91. The van der Waals surface area contributed by atoms with E-state index < -0.39 is 5.63 Å². The van der Waals surface area contributed by atoms with Gasteiger partial charge in [0.25, 0.3) is 0 Å². The molecule has 0 saturated heterocycles. The Morgan fingerprint density at radius 2 is 1.79 bits per heavy atom. The molecule has 29 heavy (non-hydrogen) atoms. The molecule has 152 valence electrons. The van der Waals surface area contributed by atoms with Crippen LogP contribution in [0, 0.1) is 6.92 Å². The van der Waals surface area contributed by atoms with E-state index >= 15 is 0 Å². The topological polar surface area (TPSA) is 77.8 Å². The summed E-state index contributed by atoms with van der Waals surface area (Å²) in [6.07, 6.45) is -0.0920. The minimum Gasteiger partial charge on any atom is -0.496 e. The molecule has 0 fully saturated rings. The van der Waals surface area contributed by atoms with E-state index in [4.69, 9.17) is 13.9 Å². The van der Waals surface area contributed by atoms with Gasteiger partial charge in [0.05, 0.1) is 31.6 Å². The second kappa shape index (κ2) is 8.39. The normalized spacial score (nSPS) is 11.0. The van der Waals surface area contributed by atoms with Gasteiger partial charge in [-0.1, -0.05) is 26.0 Å². The van der Waals surface area contributed by atoms with Gasteiger partial charge >= 0.3 is 5.63 Å². The molecule has 2 aromatic carbocycles. The highest BCUT2D eigenvalue weighted by Crippen LogP contribution is 2.33. The van der Waals surface area contributed by atoms with Gasteiger partial charge < -0.3 is 19.2 Å². The van der Waals surface area contributed by atoms with Crippen molar-refractivity contribution in [2.24, 2.45) is 0 Å². The largest absolute Gasteiger partial charge is 0.496 e. The minimum atomic E-state index is -0.546. The summed E-state index contributed by atoms with van der Waals surface area (Å²) >= 11 is 0. The van der Waals surface area contributed by atoms with Gasteiger partial charge in [-0.05, 0) is 36.1 Å². The summed E-state index contributed by atoms with van der Waals surface area (Å²) in [5.41, 5.74) is 2.65. The van der Waals surface area contributed by atoms with Crippen molar-refractivity contribution >= 4 is 22.6 Å². The van der Waals surface area contributed by atoms with Crippen LogP contribution in [0.2, 0.25) is 0 Å². The third-order valence-electron chi connectivity index (χ3n) is 4.97. The van der Waals surface area contributed by atoms with Gasteiger partial charge in [0.2, 0.25) is 5.91 Å². The van der Waals surface area contributed by atoms with Crippen LogP contribution < -0.4 is 20.4 Å². The molecule has 3 rings (SSSR count). The van der Waals surface area contributed by atoms with E-state index in [1.54, 1.807) is 19.1 Å². The Morgan fingerprint density at radius 3 is 2.38 bits per heavy atom. The van der Waals surface area contributed by atoms with Crippen LogP contribution in [0.3, 0.4) is 0 Å². The van der Waals surface area contributed by atoms with E-state index in [2.05, 4.69) is 19.2 Å². The number of fused-ring (bicyclic) bond motifs is 1. The Labute approximate surface area is 169 Å². The van der Waals surface area contributed by atoms with E-state index in [1.807, 2.05) is 24.3 Å². The molecule has 6 nitrogen and oxygen atoms in total. The molecule has 1 aromatic heterocycles. The number of ether oxygens (including phenoxy) is 2. The maximum atomic E-state index is 12.6. The zero-order valence-electron chi connectivity index (χ0n) is 17.3. The van der Waals surface area contributed by atoms with Crippen molar-refractivity contribution < 1.29 is 18.7 Å². The number of anilines is 1. The highest BCUT2D eigenvalue weighted by Gasteiger charge is 2.19. The number of amides is 1. The average molecular weight is 395 g/mol. The van der Waals surface area contributed by atoms with E-state index in [-0.39, 0.29) is 12.3 Å². The number of hydrogen-bond donors (Lipinski definition) is 1. The first-order valence-corrected chi connectivity index (χ1v) is 9.42. The van der Waals surface area contributed by atoms with Crippen LogP contribution in [-0.2, 0) is 11.2 Å². The van der Waals surface area contributed by atoms with Crippen LogP contribution in [0.25, 0.3) is 11.0 Å². The Hall–Kier alpha value is -3.28. The highest BCUT2D eigenvalue weighted by molar-refractivity contribution is 5.94. The molecule has 0 bridgehead atoms. The molecule has 0 spiro atoms. The minimum absolute atomic E-state index is 0.0920. The Bertz CT molecular complexity index is 1100. The average Bonchev–Trinajstić information content (AvgIpc) is 2.70. The number of carbonyl (C=O) groups is 1. The maximum absolute atomic E-state index is 12.6. The van der Waals surface area contributed by atoms with E-state index in [0.717, 1.165) is 0 Å². The molecule has 6 heteroatoms. The summed E-state index contributed by atoms with van der Waals surface area (Å²) < 4.78 is 16.1. The molecule has 1 amide bonds. The van der Waals surface area contributed by atoms with Gasteiger partial charge in [0, 0.05) is 17.8 Å². The lowest BCUT2D eigenvalue weighted by atomic mass is 10.0. The number of nitrogens with one attached hydrogen (secondary N) is 1. The molecule has 3 aromatic rings. The molecular formula is C23H25NO5. The van der Waals surface area contributed by atoms with Gasteiger partial charge in [-0.25, -0.2) is 4.79 Å². The number of methoxy groups -OCH3 is 2. The molecule has 0 aliphatic carbocycles. The summed E-state index contributed by atoms with van der Waals surface area (Å²) in [6.45, 7) is 6.01. The second-order valence-corrected chi connectivity index (χ2v) is 7.20. The molecule has 1 heterocycles. The van der Waals surface area contributed by atoms with Crippen molar-refractivity contribution in [3.05, 3.63) is 63.5 Å². The fourth-order valence-electron chi connectivity index (χ4n) is 3.28. The van der Waals surface area contributed by atoms with Crippen LogP contribution >= 0.6 is 0 Å². The van der Waals surface area contributed by atoms with Crippen LogP contribution in [0.4, 0.5) is 5.69 Å². The number of benzene rings is 2. The standard InChI is InChI=1S/C23H25NO5/c1-13(2)15-6-8-16(9-7-15)24-21(25)12-18-14(3)22-19(28-5)10-17(27-4)11-20(22)29-23(18)26/h6-11,13H,12H2,1-5H3,(H,24,25). The predicted octanol–water partition coefficient (Wildman–Crippen LogP) is 4.42. The van der Waals surface area contributed by atoms with Crippen LogP contribution in [0.1, 0.15) is 36.5 Å². The lowest BCUT2D eigenvalue weighted by molar-refractivity contribution is -0.115. The zero-order chi connectivity index (χ0) is 21.1. The zero-order valence-corrected chi connectivity index (χ0v) is 17.3. The van der Waals surface area contributed by atoms with Crippen LogP contribution in [0.5, 0.6) is 11.5 Å². The third-order valence-corrected chi connectivity index (χ3v) is 4.97. The highest BCUT2D eigenvalue weighted by atomic mass is 16.5. The predicted molar refractivity (Wildman–Crippen MR) is 113 cm³/mol. The first-order chi connectivity index (χ1) is 13.8. The second-order valence-electron chi connectivity index (χ2n) is 7.20. The summed E-state index contributed by atoms with van der Waals surface area (Å²) in [5.74, 6) is 1.17. The Morgan fingerprint density at radius 1 is 1.10 bits per heavy atom. The summed E-state index contributed by atoms with van der Waals surface area (Å²) in [7, 11) is 3.06. The van der Waals surface area contributed by atoms with Crippen molar-refractivity contribution in [3.63, 3.8) is 0 Å². The van der Waals surface area contributed by atoms with Crippen molar-refractivity contribution in [2.75, 3.05) is 19.5 Å². The maximum Gasteiger partial charge on any atom is 0.340 e. The molecule has 0 saturated carbocycles. The lowest BCUT2D eigenvalue weighted by Gasteiger charge is -2.13.